The average molecular weight is 510 g/mol. The molecule has 1 aromatic carbocycles. The van der Waals surface area contributed by atoms with Crippen molar-refractivity contribution in [2.75, 3.05) is 12.4 Å². The maximum Gasteiger partial charge on any atom is 0.352 e. The predicted molar refractivity (Wildman–Crippen MR) is 124 cm³/mol. The highest BCUT2D eigenvalue weighted by atomic mass is 32.2. The summed E-state index contributed by atoms with van der Waals surface area (Å²) in [6.07, 6.45) is -6.42. The maximum atomic E-state index is 13.1. The summed E-state index contributed by atoms with van der Waals surface area (Å²) in [7, 11) is 0. The number of hydrogen-bond donors (Lipinski definition) is 7. The summed E-state index contributed by atoms with van der Waals surface area (Å²) >= 11 is 1.32. The van der Waals surface area contributed by atoms with Gasteiger partial charge in [0.2, 0.25) is 5.91 Å². The van der Waals surface area contributed by atoms with Crippen molar-refractivity contribution in [3.63, 3.8) is 0 Å². The minimum Gasteiger partial charge on any atom is -0.477 e. The Bertz CT molecular complexity index is 1020. The number of nitrogens with one attached hydrogen (secondary N) is 1. The molecule has 0 aromatic heterocycles. The Balaban J connectivity index is 1.77. The van der Waals surface area contributed by atoms with Crippen LogP contribution in [0.1, 0.15) is 18.5 Å². The van der Waals surface area contributed by atoms with E-state index in [0.29, 0.717) is 16.9 Å². The van der Waals surface area contributed by atoms with E-state index in [1.807, 2.05) is 0 Å². The van der Waals surface area contributed by atoms with E-state index < -0.39 is 66.3 Å². The lowest BCUT2D eigenvalue weighted by Crippen LogP contribution is -2.70. The van der Waals surface area contributed by atoms with E-state index in [0.717, 1.165) is 11.1 Å². The summed E-state index contributed by atoms with van der Waals surface area (Å²) in [4.78, 5) is 42.6. The van der Waals surface area contributed by atoms with Crippen molar-refractivity contribution in [1.82, 2.24) is 10.2 Å². The Hall–Kier alpha value is -2.81. The molecule has 190 valence electrons. The van der Waals surface area contributed by atoms with E-state index >= 15 is 0 Å². The number of aliphatic imine (C=N–C) groups is 1. The number of benzene rings is 1. The number of carboxylic acids is 1. The summed E-state index contributed by atoms with van der Waals surface area (Å²) in [6, 6.07) is 5.97. The van der Waals surface area contributed by atoms with Crippen LogP contribution in [0, 0.1) is 0 Å². The van der Waals surface area contributed by atoms with E-state index in [1.54, 1.807) is 37.3 Å². The topological polar surface area (TPSA) is 200 Å². The zero-order chi connectivity index (χ0) is 25.9. The van der Waals surface area contributed by atoms with Gasteiger partial charge in [-0.15, -0.1) is 11.8 Å². The van der Waals surface area contributed by atoms with Crippen LogP contribution in [0.2, 0.25) is 0 Å². The van der Waals surface area contributed by atoms with E-state index in [4.69, 9.17) is 5.11 Å². The number of carbonyl (C=O) groups excluding carboxylic acids is 2. The Morgan fingerprint density at radius 3 is 2.46 bits per heavy atom. The number of aliphatic hydroxyl groups is 5. The number of thioether (sulfide) groups is 1. The quantitative estimate of drug-likeness (QED) is 0.137. The number of aliphatic hydroxyl groups excluding tert-OH is 5. The number of aliphatic carboxylic acids is 1. The Kier molecular flexibility index (Phi) is 8.64. The molecule has 1 saturated heterocycles. The number of hydrogen-bond acceptors (Lipinski definition) is 10. The molecule has 12 nitrogen and oxygen atoms in total. The third kappa shape index (κ3) is 5.55. The number of carboxylic acid groups (broad SMARTS) is 1. The predicted octanol–water partition coefficient (Wildman–Crippen LogP) is -2.01. The minimum absolute atomic E-state index is 0.0948. The van der Waals surface area contributed by atoms with Crippen LogP contribution < -0.4 is 5.32 Å². The molecule has 1 fully saturated rings. The van der Waals surface area contributed by atoms with Crippen molar-refractivity contribution < 1.29 is 45.0 Å². The van der Waals surface area contributed by atoms with Gasteiger partial charge in [0.15, 0.2) is 6.04 Å². The third-order valence-corrected chi connectivity index (χ3v) is 7.12. The van der Waals surface area contributed by atoms with Crippen LogP contribution in [0.15, 0.2) is 46.6 Å². The van der Waals surface area contributed by atoms with Crippen molar-refractivity contribution in [1.29, 1.82) is 0 Å². The molecule has 2 aliphatic heterocycles. The van der Waals surface area contributed by atoms with Gasteiger partial charge in [0.25, 0.3) is 5.91 Å². The van der Waals surface area contributed by atoms with Gasteiger partial charge in [-0.2, -0.15) is 0 Å². The first kappa shape index (κ1) is 26.8. The van der Waals surface area contributed by atoms with E-state index in [2.05, 4.69) is 10.3 Å². The van der Waals surface area contributed by atoms with Gasteiger partial charge in [-0.3, -0.25) is 19.5 Å². The fraction of sp³-hybridized carbons (Fsp3) is 0.455. The second-order valence-electron chi connectivity index (χ2n) is 8.16. The minimum atomic E-state index is -1.90. The molecule has 7 atom stereocenters. The van der Waals surface area contributed by atoms with Gasteiger partial charge in [0.05, 0.1) is 6.61 Å². The van der Waals surface area contributed by atoms with Gasteiger partial charge in [-0.1, -0.05) is 30.3 Å². The smallest absolute Gasteiger partial charge is 0.352 e. The molecule has 2 aliphatic rings. The second kappa shape index (κ2) is 11.3. The van der Waals surface area contributed by atoms with Crippen LogP contribution >= 0.6 is 11.8 Å². The first-order chi connectivity index (χ1) is 16.6. The number of nitrogens with zero attached hydrogens (tertiary/aromatic N) is 2. The number of fused-ring (bicyclic) bond motifs is 1. The van der Waals surface area contributed by atoms with Crippen molar-refractivity contribution in [3.8, 4) is 0 Å². The van der Waals surface area contributed by atoms with Gasteiger partial charge < -0.3 is 36.0 Å². The molecule has 0 aliphatic carbocycles. The molecular formula is C22H27N3O9S. The van der Waals surface area contributed by atoms with E-state index in [-0.39, 0.29) is 5.70 Å². The lowest BCUT2D eigenvalue weighted by atomic mass is 10.0. The van der Waals surface area contributed by atoms with Gasteiger partial charge in [-0.05, 0) is 18.1 Å². The molecule has 13 heteroatoms. The van der Waals surface area contributed by atoms with Crippen molar-refractivity contribution in [2.45, 2.75) is 48.8 Å². The lowest BCUT2D eigenvalue weighted by molar-refractivity contribution is -0.150. The molecule has 2 amide bonds. The molecule has 0 radical (unpaired) electrons. The number of carbonyl (C=O) groups is 3. The van der Waals surface area contributed by atoms with Crippen LogP contribution in [-0.2, 0) is 14.4 Å². The highest BCUT2D eigenvalue weighted by molar-refractivity contribution is 8.00. The SMILES string of the molecule is CC1=C(C(=O)O)N2C(=O)[C@@H](NC(=O)[C@H](N=C[C@H](O)[C@@H](O)[C@H](O)[C@H](O)CO)c3ccccc3)[C@H]2SC1. The van der Waals surface area contributed by atoms with Gasteiger partial charge in [0, 0.05) is 12.0 Å². The Morgan fingerprint density at radius 2 is 1.86 bits per heavy atom. The lowest BCUT2D eigenvalue weighted by Gasteiger charge is -2.49. The molecule has 3 rings (SSSR count). The van der Waals surface area contributed by atoms with Gasteiger partial charge >= 0.3 is 5.97 Å². The fourth-order valence-electron chi connectivity index (χ4n) is 3.75. The number of β-lactam (4-membered cyclic amide) rings is 1. The maximum absolute atomic E-state index is 13.1. The largest absolute Gasteiger partial charge is 0.477 e. The Morgan fingerprint density at radius 1 is 1.20 bits per heavy atom. The molecule has 0 spiro atoms. The summed E-state index contributed by atoms with van der Waals surface area (Å²) in [5.74, 6) is -2.11. The van der Waals surface area contributed by atoms with Crippen molar-refractivity contribution in [2.24, 2.45) is 4.99 Å². The molecule has 0 bridgehead atoms. The fourth-order valence-corrected chi connectivity index (χ4v) is 5.04. The van der Waals surface area contributed by atoms with E-state index in [9.17, 15) is 39.9 Å². The van der Waals surface area contributed by atoms with Crippen molar-refractivity contribution >= 4 is 35.8 Å². The summed E-state index contributed by atoms with van der Waals surface area (Å²) in [6.45, 7) is 0.781. The van der Waals surface area contributed by atoms with Crippen LogP contribution in [-0.4, -0.2) is 108 Å². The summed E-state index contributed by atoms with van der Waals surface area (Å²) in [5.41, 5.74) is 0.855. The summed E-state index contributed by atoms with van der Waals surface area (Å²) in [5, 5.41) is 59.7. The standard InChI is InChI=1S/C22H27N3O9S/c1-10-9-35-21-15(20(32)25(21)16(10)22(33)34)24-19(31)14(11-5-3-2-4-6-11)23-7-12(27)17(29)18(30)13(28)8-26/h2-7,12-15,17-18,21,26-30H,8-9H2,1H3,(H,24,31)(H,33,34)/t12-,13+,14+,15+,17+,18+,21+/m0/s1. The van der Waals surface area contributed by atoms with Gasteiger partial charge in [-0.25, -0.2) is 4.79 Å². The first-order valence-electron chi connectivity index (χ1n) is 10.7. The van der Waals surface area contributed by atoms with Crippen LogP contribution in [0.3, 0.4) is 0 Å². The average Bonchev–Trinajstić information content (AvgIpc) is 2.85. The molecule has 0 saturated carbocycles. The molecular weight excluding hydrogens is 482 g/mol. The van der Waals surface area contributed by atoms with Crippen LogP contribution in [0.25, 0.3) is 0 Å². The van der Waals surface area contributed by atoms with Crippen LogP contribution in [0.5, 0.6) is 0 Å². The third-order valence-electron chi connectivity index (χ3n) is 5.69. The summed E-state index contributed by atoms with van der Waals surface area (Å²) < 4.78 is 0. The monoisotopic (exact) mass is 509 g/mol. The van der Waals surface area contributed by atoms with E-state index in [1.165, 1.54) is 11.8 Å². The second-order valence-corrected chi connectivity index (χ2v) is 9.27. The molecule has 0 unspecified atom stereocenters. The van der Waals surface area contributed by atoms with Crippen molar-refractivity contribution in [3.05, 3.63) is 47.2 Å². The van der Waals surface area contributed by atoms with Crippen LogP contribution in [0.4, 0.5) is 0 Å². The zero-order valence-electron chi connectivity index (χ0n) is 18.6. The number of rotatable bonds is 10. The molecule has 2 heterocycles. The Labute approximate surface area is 204 Å². The molecule has 7 N–H and O–H groups in total. The van der Waals surface area contributed by atoms with Gasteiger partial charge in [0.1, 0.15) is 41.5 Å². The zero-order valence-corrected chi connectivity index (χ0v) is 19.4. The number of amides is 2. The normalized spacial score (nSPS) is 24.3. The molecule has 1 aromatic rings. The highest BCUT2D eigenvalue weighted by Gasteiger charge is 2.54. The first-order valence-corrected chi connectivity index (χ1v) is 11.7. The highest BCUT2D eigenvalue weighted by Crippen LogP contribution is 2.40. The molecule has 35 heavy (non-hydrogen) atoms.